The lowest BCUT2D eigenvalue weighted by molar-refractivity contribution is 0.0951. The SMILES string of the molecule is COc1ccc(C(=O)NCCc2cc(C)ccc2OC)c(O)c1. The van der Waals surface area contributed by atoms with Gasteiger partial charge in [0.05, 0.1) is 19.8 Å². The number of phenols is 1. The Morgan fingerprint density at radius 1 is 1.13 bits per heavy atom. The van der Waals surface area contributed by atoms with Crippen LogP contribution in [0.25, 0.3) is 0 Å². The van der Waals surface area contributed by atoms with Gasteiger partial charge in [-0.1, -0.05) is 17.7 Å². The number of carbonyl (C=O) groups excluding carboxylic acids is 1. The predicted octanol–water partition coefficient (Wildman–Crippen LogP) is 2.69. The van der Waals surface area contributed by atoms with Crippen molar-refractivity contribution < 1.29 is 19.4 Å². The minimum absolute atomic E-state index is 0.102. The van der Waals surface area contributed by atoms with E-state index in [1.54, 1.807) is 13.2 Å². The van der Waals surface area contributed by atoms with E-state index in [-0.39, 0.29) is 17.2 Å². The molecule has 2 N–H and O–H groups in total. The summed E-state index contributed by atoms with van der Waals surface area (Å²) in [5, 5.41) is 12.7. The van der Waals surface area contributed by atoms with Gasteiger partial charge in [0.2, 0.25) is 0 Å². The molecule has 0 radical (unpaired) electrons. The summed E-state index contributed by atoms with van der Waals surface area (Å²) >= 11 is 0. The second kappa shape index (κ2) is 7.54. The largest absolute Gasteiger partial charge is 0.507 e. The first-order chi connectivity index (χ1) is 11.0. The fraction of sp³-hybridized carbons (Fsp3) is 0.278. The molecular formula is C18H21NO4. The van der Waals surface area contributed by atoms with E-state index in [9.17, 15) is 9.90 Å². The summed E-state index contributed by atoms with van der Waals surface area (Å²) in [6.45, 7) is 2.46. The third-order valence-electron chi connectivity index (χ3n) is 3.57. The zero-order valence-electron chi connectivity index (χ0n) is 13.6. The molecule has 5 nitrogen and oxygen atoms in total. The standard InChI is InChI=1S/C18H21NO4/c1-12-4-7-17(23-3)13(10-12)8-9-19-18(21)15-6-5-14(22-2)11-16(15)20/h4-7,10-11,20H,8-9H2,1-3H3,(H,19,21). The summed E-state index contributed by atoms with van der Waals surface area (Å²) in [5.74, 6) is 0.882. The highest BCUT2D eigenvalue weighted by Gasteiger charge is 2.12. The van der Waals surface area contributed by atoms with Crippen LogP contribution in [0, 0.1) is 6.92 Å². The molecule has 0 heterocycles. The molecule has 122 valence electrons. The van der Waals surface area contributed by atoms with Crippen LogP contribution in [0.3, 0.4) is 0 Å². The Morgan fingerprint density at radius 2 is 1.91 bits per heavy atom. The van der Waals surface area contributed by atoms with E-state index in [2.05, 4.69) is 5.32 Å². The van der Waals surface area contributed by atoms with Crippen molar-refractivity contribution in [1.29, 1.82) is 0 Å². The van der Waals surface area contributed by atoms with E-state index in [0.29, 0.717) is 18.7 Å². The Labute approximate surface area is 135 Å². The number of rotatable bonds is 6. The smallest absolute Gasteiger partial charge is 0.255 e. The van der Waals surface area contributed by atoms with Crippen LogP contribution in [-0.2, 0) is 6.42 Å². The summed E-state index contributed by atoms with van der Waals surface area (Å²) in [6, 6.07) is 10.5. The van der Waals surface area contributed by atoms with Crippen LogP contribution in [0.4, 0.5) is 0 Å². The zero-order valence-corrected chi connectivity index (χ0v) is 13.6. The van der Waals surface area contributed by atoms with E-state index < -0.39 is 0 Å². The Bertz CT molecular complexity index is 697. The normalized spacial score (nSPS) is 10.2. The lowest BCUT2D eigenvalue weighted by Gasteiger charge is -2.11. The molecule has 0 unspecified atom stereocenters. The third-order valence-corrected chi connectivity index (χ3v) is 3.57. The average molecular weight is 315 g/mol. The van der Waals surface area contributed by atoms with E-state index in [0.717, 1.165) is 16.9 Å². The number of amides is 1. The van der Waals surface area contributed by atoms with Gasteiger partial charge in [-0.2, -0.15) is 0 Å². The van der Waals surface area contributed by atoms with Crippen LogP contribution >= 0.6 is 0 Å². The molecule has 23 heavy (non-hydrogen) atoms. The van der Waals surface area contributed by atoms with Crippen LogP contribution in [0.1, 0.15) is 21.5 Å². The van der Waals surface area contributed by atoms with E-state index in [1.165, 1.54) is 19.2 Å². The van der Waals surface area contributed by atoms with Crippen molar-refractivity contribution in [1.82, 2.24) is 5.32 Å². The maximum atomic E-state index is 12.1. The molecular weight excluding hydrogens is 294 g/mol. The van der Waals surface area contributed by atoms with Crippen LogP contribution in [0.5, 0.6) is 17.2 Å². The Morgan fingerprint density at radius 3 is 2.57 bits per heavy atom. The number of aromatic hydroxyl groups is 1. The molecule has 0 saturated carbocycles. The molecule has 5 heteroatoms. The molecule has 0 bridgehead atoms. The molecule has 1 amide bonds. The molecule has 2 aromatic carbocycles. The molecule has 0 spiro atoms. The monoisotopic (exact) mass is 315 g/mol. The van der Waals surface area contributed by atoms with E-state index in [1.807, 2.05) is 25.1 Å². The fourth-order valence-electron chi connectivity index (χ4n) is 2.34. The van der Waals surface area contributed by atoms with Gasteiger partial charge in [0, 0.05) is 12.6 Å². The first kappa shape index (κ1) is 16.7. The minimum Gasteiger partial charge on any atom is -0.507 e. The van der Waals surface area contributed by atoms with Gasteiger partial charge in [0.1, 0.15) is 17.2 Å². The number of hydrogen-bond acceptors (Lipinski definition) is 4. The summed E-state index contributed by atoms with van der Waals surface area (Å²) in [7, 11) is 3.13. The van der Waals surface area contributed by atoms with Crippen molar-refractivity contribution in [2.24, 2.45) is 0 Å². The van der Waals surface area contributed by atoms with Gasteiger partial charge < -0.3 is 19.9 Å². The summed E-state index contributed by atoms with van der Waals surface area (Å²) < 4.78 is 10.3. The Balaban J connectivity index is 1.99. The van der Waals surface area contributed by atoms with E-state index >= 15 is 0 Å². The van der Waals surface area contributed by atoms with Crippen molar-refractivity contribution in [3.05, 3.63) is 53.1 Å². The highest BCUT2D eigenvalue weighted by atomic mass is 16.5. The van der Waals surface area contributed by atoms with Crippen LogP contribution in [-0.4, -0.2) is 31.8 Å². The average Bonchev–Trinajstić information content (AvgIpc) is 2.54. The van der Waals surface area contributed by atoms with Crippen molar-refractivity contribution in [3.63, 3.8) is 0 Å². The van der Waals surface area contributed by atoms with E-state index in [4.69, 9.17) is 9.47 Å². The van der Waals surface area contributed by atoms with Gasteiger partial charge >= 0.3 is 0 Å². The molecule has 0 aliphatic heterocycles. The number of nitrogens with one attached hydrogen (secondary N) is 1. The number of carbonyl (C=O) groups is 1. The predicted molar refractivity (Wildman–Crippen MR) is 88.4 cm³/mol. The minimum atomic E-state index is -0.322. The zero-order chi connectivity index (χ0) is 16.8. The van der Waals surface area contributed by atoms with Gasteiger partial charge in [-0.25, -0.2) is 0 Å². The molecule has 0 aromatic heterocycles. The van der Waals surface area contributed by atoms with Crippen molar-refractivity contribution >= 4 is 5.91 Å². The molecule has 2 rings (SSSR count). The van der Waals surface area contributed by atoms with Crippen LogP contribution in [0.2, 0.25) is 0 Å². The third kappa shape index (κ3) is 4.16. The maximum absolute atomic E-state index is 12.1. The summed E-state index contributed by atoms with van der Waals surface area (Å²) in [6.07, 6.45) is 0.646. The molecule has 0 aliphatic carbocycles. The Kier molecular flexibility index (Phi) is 5.46. The molecule has 0 fully saturated rings. The second-order valence-corrected chi connectivity index (χ2v) is 5.20. The van der Waals surface area contributed by atoms with Crippen molar-refractivity contribution in [3.8, 4) is 17.2 Å². The first-order valence-electron chi connectivity index (χ1n) is 7.34. The second-order valence-electron chi connectivity index (χ2n) is 5.20. The van der Waals surface area contributed by atoms with Gasteiger partial charge in [-0.05, 0) is 37.1 Å². The van der Waals surface area contributed by atoms with Crippen LogP contribution < -0.4 is 14.8 Å². The number of benzene rings is 2. The number of ether oxygens (including phenoxy) is 2. The number of hydrogen-bond donors (Lipinski definition) is 2. The molecule has 0 aliphatic rings. The summed E-state index contributed by atoms with van der Waals surface area (Å²) in [5.41, 5.74) is 2.40. The summed E-state index contributed by atoms with van der Waals surface area (Å²) in [4.78, 5) is 12.1. The quantitative estimate of drug-likeness (QED) is 0.860. The molecule has 0 atom stereocenters. The van der Waals surface area contributed by atoms with Gasteiger partial charge in [-0.3, -0.25) is 4.79 Å². The van der Waals surface area contributed by atoms with Crippen molar-refractivity contribution in [2.45, 2.75) is 13.3 Å². The molecule has 0 saturated heterocycles. The lowest BCUT2D eigenvalue weighted by atomic mass is 10.1. The lowest BCUT2D eigenvalue weighted by Crippen LogP contribution is -2.25. The van der Waals surface area contributed by atoms with Crippen molar-refractivity contribution in [2.75, 3.05) is 20.8 Å². The Hall–Kier alpha value is -2.69. The highest BCUT2D eigenvalue weighted by Crippen LogP contribution is 2.23. The fourth-order valence-corrected chi connectivity index (χ4v) is 2.34. The maximum Gasteiger partial charge on any atom is 0.255 e. The topological polar surface area (TPSA) is 67.8 Å². The number of methoxy groups -OCH3 is 2. The molecule has 2 aromatic rings. The highest BCUT2D eigenvalue weighted by molar-refractivity contribution is 5.97. The first-order valence-corrected chi connectivity index (χ1v) is 7.34. The van der Waals surface area contributed by atoms with Crippen LogP contribution in [0.15, 0.2) is 36.4 Å². The van der Waals surface area contributed by atoms with Gasteiger partial charge in [-0.15, -0.1) is 0 Å². The number of phenolic OH excluding ortho intramolecular Hbond substituents is 1. The van der Waals surface area contributed by atoms with Gasteiger partial charge in [0.15, 0.2) is 0 Å². The van der Waals surface area contributed by atoms with Gasteiger partial charge in [0.25, 0.3) is 5.91 Å². The number of aryl methyl sites for hydroxylation is 1.